The van der Waals surface area contributed by atoms with Crippen molar-refractivity contribution in [3.05, 3.63) is 77.1 Å². The van der Waals surface area contributed by atoms with Crippen LogP contribution in [0.1, 0.15) is 34.2 Å². The lowest BCUT2D eigenvalue weighted by Gasteiger charge is -2.14. The number of carbonyl (C=O) groups excluding carboxylic acids is 2. The standard InChI is InChI=1S/C23H25N3O4/c1-15-21(16(2)26(25-15)19-8-6-5-7-9-19)23(28)30-17(3)22(27)24-14-18-10-12-20(29-4)13-11-18/h5-13,17H,14H2,1-4H3,(H,24,27)/t17-/m1/s1. The molecular weight excluding hydrogens is 382 g/mol. The molecule has 7 nitrogen and oxygen atoms in total. The summed E-state index contributed by atoms with van der Waals surface area (Å²) in [5, 5.41) is 7.22. The fourth-order valence-electron chi connectivity index (χ4n) is 3.11. The molecule has 1 N–H and O–H groups in total. The fraction of sp³-hybridized carbons (Fsp3) is 0.261. The van der Waals surface area contributed by atoms with Crippen LogP contribution in [-0.4, -0.2) is 34.9 Å². The normalized spacial score (nSPS) is 11.6. The summed E-state index contributed by atoms with van der Waals surface area (Å²) in [6.07, 6.45) is -0.936. The lowest BCUT2D eigenvalue weighted by atomic mass is 10.2. The van der Waals surface area contributed by atoms with Gasteiger partial charge in [-0.1, -0.05) is 30.3 Å². The monoisotopic (exact) mass is 407 g/mol. The average molecular weight is 407 g/mol. The SMILES string of the molecule is COc1ccc(CNC(=O)[C@@H](C)OC(=O)c2c(C)nn(-c3ccccc3)c2C)cc1. The van der Waals surface area contributed by atoms with Crippen LogP contribution in [0.5, 0.6) is 5.75 Å². The van der Waals surface area contributed by atoms with Gasteiger partial charge < -0.3 is 14.8 Å². The fourth-order valence-corrected chi connectivity index (χ4v) is 3.11. The Morgan fingerprint density at radius 1 is 1.07 bits per heavy atom. The van der Waals surface area contributed by atoms with Gasteiger partial charge >= 0.3 is 5.97 Å². The maximum atomic E-state index is 12.7. The molecule has 0 unspecified atom stereocenters. The van der Waals surface area contributed by atoms with Gasteiger partial charge in [0.15, 0.2) is 6.10 Å². The van der Waals surface area contributed by atoms with Crippen molar-refractivity contribution in [2.45, 2.75) is 33.4 Å². The molecule has 30 heavy (non-hydrogen) atoms. The summed E-state index contributed by atoms with van der Waals surface area (Å²) in [6.45, 7) is 5.43. The Balaban J connectivity index is 1.63. The Morgan fingerprint density at radius 3 is 2.37 bits per heavy atom. The van der Waals surface area contributed by atoms with Crippen LogP contribution in [0.2, 0.25) is 0 Å². The van der Waals surface area contributed by atoms with E-state index in [0.717, 1.165) is 17.0 Å². The van der Waals surface area contributed by atoms with Gasteiger partial charge in [0.05, 0.1) is 24.2 Å². The number of hydrogen-bond donors (Lipinski definition) is 1. The summed E-state index contributed by atoms with van der Waals surface area (Å²) in [4.78, 5) is 25.1. The second-order valence-electron chi connectivity index (χ2n) is 6.91. The number of ether oxygens (including phenoxy) is 2. The molecule has 0 radical (unpaired) electrons. The number of nitrogens with one attached hydrogen (secondary N) is 1. The molecule has 3 rings (SSSR count). The van der Waals surface area contributed by atoms with E-state index >= 15 is 0 Å². The Morgan fingerprint density at radius 2 is 1.73 bits per heavy atom. The maximum Gasteiger partial charge on any atom is 0.342 e. The minimum atomic E-state index is -0.936. The minimum Gasteiger partial charge on any atom is -0.497 e. The summed E-state index contributed by atoms with van der Waals surface area (Å²) in [5.74, 6) is -0.196. The molecule has 0 aliphatic carbocycles. The molecule has 0 fully saturated rings. The Labute approximate surface area is 175 Å². The van der Waals surface area contributed by atoms with Crippen LogP contribution in [0.15, 0.2) is 54.6 Å². The first kappa shape index (κ1) is 21.1. The molecule has 0 aliphatic heterocycles. The number of rotatable bonds is 7. The number of amides is 1. The van der Waals surface area contributed by atoms with Crippen molar-refractivity contribution in [3.63, 3.8) is 0 Å². The topological polar surface area (TPSA) is 82.4 Å². The van der Waals surface area contributed by atoms with Crippen molar-refractivity contribution in [2.24, 2.45) is 0 Å². The van der Waals surface area contributed by atoms with Crippen LogP contribution in [0.4, 0.5) is 0 Å². The molecule has 1 heterocycles. The van der Waals surface area contributed by atoms with Crippen LogP contribution < -0.4 is 10.1 Å². The molecule has 1 aromatic heterocycles. The largest absolute Gasteiger partial charge is 0.497 e. The summed E-state index contributed by atoms with van der Waals surface area (Å²) in [6, 6.07) is 16.9. The molecule has 0 spiro atoms. The highest BCUT2D eigenvalue weighted by Crippen LogP contribution is 2.19. The van der Waals surface area contributed by atoms with E-state index in [0.29, 0.717) is 23.5 Å². The van der Waals surface area contributed by atoms with E-state index in [-0.39, 0.29) is 5.91 Å². The van der Waals surface area contributed by atoms with Crippen LogP contribution >= 0.6 is 0 Å². The number of aryl methyl sites for hydroxylation is 1. The van der Waals surface area contributed by atoms with Gasteiger partial charge in [-0.15, -0.1) is 0 Å². The van der Waals surface area contributed by atoms with Gasteiger partial charge in [-0.25, -0.2) is 9.48 Å². The first-order valence-corrected chi connectivity index (χ1v) is 9.64. The van der Waals surface area contributed by atoms with Crippen molar-refractivity contribution in [1.82, 2.24) is 15.1 Å². The van der Waals surface area contributed by atoms with Crippen molar-refractivity contribution in [1.29, 1.82) is 0 Å². The zero-order chi connectivity index (χ0) is 21.7. The van der Waals surface area contributed by atoms with Crippen LogP contribution in [0, 0.1) is 13.8 Å². The number of esters is 1. The summed E-state index contributed by atoms with van der Waals surface area (Å²) in [7, 11) is 1.60. The van der Waals surface area contributed by atoms with Gasteiger partial charge in [0.1, 0.15) is 11.3 Å². The predicted molar refractivity (Wildman–Crippen MR) is 113 cm³/mol. The maximum absolute atomic E-state index is 12.7. The Kier molecular flexibility index (Phi) is 6.51. The predicted octanol–water partition coefficient (Wildman–Crippen LogP) is 3.36. The van der Waals surface area contributed by atoms with Crippen molar-refractivity contribution >= 4 is 11.9 Å². The number of nitrogens with zero attached hydrogens (tertiary/aromatic N) is 2. The molecule has 1 atom stereocenters. The number of methoxy groups -OCH3 is 1. The lowest BCUT2D eigenvalue weighted by molar-refractivity contribution is -0.129. The highest BCUT2D eigenvalue weighted by Gasteiger charge is 2.25. The van der Waals surface area contributed by atoms with Crippen LogP contribution in [0.3, 0.4) is 0 Å². The van der Waals surface area contributed by atoms with E-state index in [1.54, 1.807) is 32.6 Å². The number of benzene rings is 2. The zero-order valence-corrected chi connectivity index (χ0v) is 17.5. The Bertz CT molecular complexity index is 1030. The van der Waals surface area contributed by atoms with Gasteiger partial charge in [0.2, 0.25) is 0 Å². The van der Waals surface area contributed by atoms with E-state index in [1.165, 1.54) is 0 Å². The Hall–Kier alpha value is -3.61. The number of aromatic nitrogens is 2. The molecule has 1 amide bonds. The third-order valence-electron chi connectivity index (χ3n) is 4.78. The van der Waals surface area contributed by atoms with E-state index in [2.05, 4.69) is 10.4 Å². The van der Waals surface area contributed by atoms with Gasteiger partial charge in [0.25, 0.3) is 5.91 Å². The molecule has 3 aromatic rings. The van der Waals surface area contributed by atoms with Crippen LogP contribution in [-0.2, 0) is 16.1 Å². The zero-order valence-electron chi connectivity index (χ0n) is 17.5. The molecule has 7 heteroatoms. The average Bonchev–Trinajstić information content (AvgIpc) is 3.06. The highest BCUT2D eigenvalue weighted by molar-refractivity contribution is 5.94. The van der Waals surface area contributed by atoms with Crippen molar-refractivity contribution < 1.29 is 19.1 Å². The van der Waals surface area contributed by atoms with E-state index in [1.807, 2.05) is 54.6 Å². The highest BCUT2D eigenvalue weighted by atomic mass is 16.5. The van der Waals surface area contributed by atoms with E-state index in [9.17, 15) is 9.59 Å². The number of hydrogen-bond acceptors (Lipinski definition) is 5. The number of carbonyl (C=O) groups is 2. The summed E-state index contributed by atoms with van der Waals surface area (Å²) in [5.41, 5.74) is 3.34. The van der Waals surface area contributed by atoms with Crippen molar-refractivity contribution in [3.8, 4) is 11.4 Å². The van der Waals surface area contributed by atoms with E-state index < -0.39 is 12.1 Å². The van der Waals surface area contributed by atoms with Crippen LogP contribution in [0.25, 0.3) is 5.69 Å². The molecule has 0 saturated heterocycles. The molecule has 0 saturated carbocycles. The first-order chi connectivity index (χ1) is 14.4. The molecule has 2 aromatic carbocycles. The van der Waals surface area contributed by atoms with E-state index in [4.69, 9.17) is 9.47 Å². The summed E-state index contributed by atoms with van der Waals surface area (Å²) < 4.78 is 12.2. The third-order valence-corrected chi connectivity index (χ3v) is 4.78. The summed E-state index contributed by atoms with van der Waals surface area (Å²) >= 11 is 0. The van der Waals surface area contributed by atoms with Gasteiger partial charge in [-0.2, -0.15) is 5.10 Å². The smallest absolute Gasteiger partial charge is 0.342 e. The lowest BCUT2D eigenvalue weighted by Crippen LogP contribution is -2.35. The quantitative estimate of drug-likeness (QED) is 0.608. The minimum absolute atomic E-state index is 0.328. The molecule has 0 bridgehead atoms. The molecular formula is C23H25N3O4. The molecule has 156 valence electrons. The number of para-hydroxylation sites is 1. The molecule has 0 aliphatic rings. The van der Waals surface area contributed by atoms with Gasteiger partial charge in [-0.3, -0.25) is 4.79 Å². The second-order valence-corrected chi connectivity index (χ2v) is 6.91. The third kappa shape index (κ3) is 4.68. The van der Waals surface area contributed by atoms with Crippen molar-refractivity contribution in [2.75, 3.05) is 7.11 Å². The second kappa shape index (κ2) is 9.26. The first-order valence-electron chi connectivity index (χ1n) is 9.64. The van der Waals surface area contributed by atoms with Gasteiger partial charge in [0, 0.05) is 6.54 Å². The van der Waals surface area contributed by atoms with Gasteiger partial charge in [-0.05, 0) is 50.6 Å².